The second-order valence-corrected chi connectivity index (χ2v) is 1.23. The van der Waals surface area contributed by atoms with E-state index in [1.165, 1.54) is 7.05 Å². The maximum absolute atomic E-state index is 8.10. The van der Waals surface area contributed by atoms with Crippen molar-refractivity contribution < 1.29 is 10.2 Å². The summed E-state index contributed by atoms with van der Waals surface area (Å²) in [5.74, 6) is 0. The molecule has 0 aromatic rings. The molecule has 0 bridgehead atoms. The molecule has 0 aliphatic rings. The zero-order valence-corrected chi connectivity index (χ0v) is 4.07. The van der Waals surface area contributed by atoms with Crippen LogP contribution in [0.25, 0.3) is 0 Å². The Morgan fingerprint density at radius 2 is 2.14 bits per heavy atom. The molecule has 0 aromatic carbocycles. The summed E-state index contributed by atoms with van der Waals surface area (Å²) in [6.07, 6.45) is -1.45. The van der Waals surface area contributed by atoms with Gasteiger partial charge >= 0.3 is 0 Å². The van der Waals surface area contributed by atoms with Crippen molar-refractivity contribution in [3.8, 4) is 0 Å². The van der Waals surface area contributed by atoms with Gasteiger partial charge in [0.15, 0.2) is 6.29 Å². The van der Waals surface area contributed by atoms with Crippen LogP contribution in [0, 0.1) is 13.6 Å². The van der Waals surface area contributed by atoms with Crippen molar-refractivity contribution >= 4 is 0 Å². The van der Waals surface area contributed by atoms with Crippen molar-refractivity contribution in [1.82, 2.24) is 4.90 Å². The molecule has 0 aromatic heterocycles. The summed E-state index contributed by atoms with van der Waals surface area (Å²) >= 11 is 0. The molecule has 3 radical (unpaired) electrons. The second-order valence-electron chi connectivity index (χ2n) is 1.23. The first-order chi connectivity index (χ1) is 3.13. The summed E-state index contributed by atoms with van der Waals surface area (Å²) in [6.45, 7) is 1.06. The third-order valence-electron chi connectivity index (χ3n) is 0.368. The van der Waals surface area contributed by atoms with E-state index in [4.69, 9.17) is 17.3 Å². The first-order valence-corrected chi connectivity index (χ1v) is 1.81. The lowest BCUT2D eigenvalue weighted by Gasteiger charge is -2.07. The van der Waals surface area contributed by atoms with Gasteiger partial charge in [-0.15, -0.1) is 0 Å². The molecule has 0 heterocycles. The summed E-state index contributed by atoms with van der Waals surface area (Å²) in [4.78, 5) is 1.07. The molecule has 3 nitrogen and oxygen atoms in total. The Morgan fingerprint density at radius 3 is 2.14 bits per heavy atom. The number of rotatable bonds is 2. The smallest absolute Gasteiger partial charge is 0.169 e. The molecule has 0 rings (SSSR count). The first-order valence-electron chi connectivity index (χ1n) is 1.81. The van der Waals surface area contributed by atoms with Crippen molar-refractivity contribution in [2.24, 2.45) is 0 Å². The topological polar surface area (TPSA) is 43.7 Å². The largest absolute Gasteiger partial charge is 0.367 e. The molecular weight excluding hydrogens is 94.0 g/mol. The zero-order chi connectivity index (χ0) is 5.86. The van der Waals surface area contributed by atoms with Crippen LogP contribution >= 0.6 is 0 Å². The van der Waals surface area contributed by atoms with Gasteiger partial charge in [-0.25, -0.2) is 0 Å². The number of hydrogen-bond donors (Lipinski definition) is 2. The number of hydrogen-bond acceptors (Lipinski definition) is 3. The minimum Gasteiger partial charge on any atom is -0.367 e. The number of nitrogens with zero attached hydrogens (tertiary/aromatic N) is 1. The minimum atomic E-state index is -1.45. The van der Waals surface area contributed by atoms with E-state index in [2.05, 4.69) is 0 Å². The molecule has 0 unspecified atom stereocenters. The van der Waals surface area contributed by atoms with Gasteiger partial charge in [0.1, 0.15) is 0 Å². The van der Waals surface area contributed by atoms with E-state index < -0.39 is 6.29 Å². The molecule has 0 spiro atoms. The van der Waals surface area contributed by atoms with Crippen molar-refractivity contribution in [3.63, 3.8) is 0 Å². The Balaban J connectivity index is 2.95. The highest BCUT2D eigenvalue weighted by Crippen LogP contribution is 1.86. The van der Waals surface area contributed by atoms with Gasteiger partial charge in [0.25, 0.3) is 0 Å². The van der Waals surface area contributed by atoms with E-state index in [1.807, 2.05) is 0 Å². The first kappa shape index (κ1) is 6.88. The van der Waals surface area contributed by atoms with E-state index in [-0.39, 0.29) is 0 Å². The Morgan fingerprint density at radius 1 is 1.71 bits per heavy atom. The van der Waals surface area contributed by atoms with E-state index >= 15 is 0 Å². The Bertz CT molecular complexity index is 39.0. The van der Waals surface area contributed by atoms with Crippen LogP contribution in [-0.4, -0.2) is 28.5 Å². The van der Waals surface area contributed by atoms with Gasteiger partial charge in [0.2, 0.25) is 0 Å². The van der Waals surface area contributed by atoms with E-state index in [0.717, 1.165) is 11.4 Å². The molecule has 0 saturated carbocycles. The lowest BCUT2D eigenvalue weighted by atomic mass is 10.6. The molecule has 2 N–H and O–H groups in total. The van der Waals surface area contributed by atoms with Crippen LogP contribution < -0.4 is 0 Å². The molecular formula is C4H8NO2. The van der Waals surface area contributed by atoms with Gasteiger partial charge in [-0.1, -0.05) is 0 Å². The number of aliphatic hydroxyl groups excluding tert-OH is 1. The SMILES string of the molecule is [CH]N(C)[CH]C(O)O. The van der Waals surface area contributed by atoms with Crippen molar-refractivity contribution in [3.05, 3.63) is 13.6 Å². The lowest BCUT2D eigenvalue weighted by molar-refractivity contribution is -0.0266. The van der Waals surface area contributed by atoms with Crippen LogP contribution in [0.3, 0.4) is 0 Å². The average molecular weight is 102 g/mol. The van der Waals surface area contributed by atoms with Gasteiger partial charge in [0, 0.05) is 7.05 Å². The predicted molar refractivity (Wildman–Crippen MR) is 24.6 cm³/mol. The highest BCUT2D eigenvalue weighted by Gasteiger charge is 1.97. The van der Waals surface area contributed by atoms with E-state index in [9.17, 15) is 0 Å². The Kier molecular flexibility index (Phi) is 2.91. The summed E-state index contributed by atoms with van der Waals surface area (Å²) in [5, 5.41) is 16.2. The summed E-state index contributed by atoms with van der Waals surface area (Å²) in [7, 11) is 6.45. The molecule has 0 fully saturated rings. The van der Waals surface area contributed by atoms with Crippen LogP contribution in [0.1, 0.15) is 0 Å². The standard InChI is InChI=1S/C4H8NO2/c1-5(2)3-4(6)7/h1,3-4,6-7H,2H3. The summed E-state index contributed by atoms with van der Waals surface area (Å²) in [6, 6.07) is 0. The fourth-order valence-corrected chi connectivity index (χ4v) is 0.210. The molecule has 3 heteroatoms. The maximum Gasteiger partial charge on any atom is 0.169 e. The van der Waals surface area contributed by atoms with Crippen LogP contribution in [0.2, 0.25) is 0 Å². The average Bonchev–Trinajstić information content (AvgIpc) is 1.27. The molecule has 0 aliphatic heterocycles. The van der Waals surface area contributed by atoms with Crippen LogP contribution in [0.4, 0.5) is 0 Å². The monoisotopic (exact) mass is 102 g/mol. The fourth-order valence-electron chi connectivity index (χ4n) is 0.210. The molecule has 0 atom stereocenters. The van der Waals surface area contributed by atoms with Gasteiger partial charge in [-0.3, -0.25) is 4.90 Å². The normalized spacial score (nSPS) is 11.1. The number of aliphatic hydroxyl groups is 2. The van der Waals surface area contributed by atoms with E-state index in [0.29, 0.717) is 0 Å². The summed E-state index contributed by atoms with van der Waals surface area (Å²) in [5.41, 5.74) is 0. The minimum absolute atomic E-state index is 1.06. The van der Waals surface area contributed by atoms with Gasteiger partial charge in [0.05, 0.1) is 6.54 Å². The number of likely N-dealkylation sites (N-methyl/N-ethyl adjacent to an activating group) is 1. The van der Waals surface area contributed by atoms with Crippen LogP contribution in [0.5, 0.6) is 0 Å². The second kappa shape index (κ2) is 2.96. The Hall–Kier alpha value is -0.120. The van der Waals surface area contributed by atoms with Crippen LogP contribution in [0.15, 0.2) is 0 Å². The van der Waals surface area contributed by atoms with E-state index in [1.54, 1.807) is 0 Å². The predicted octanol–water partition coefficient (Wildman–Crippen LogP) is -0.941. The van der Waals surface area contributed by atoms with Gasteiger partial charge in [-0.2, -0.15) is 0 Å². The van der Waals surface area contributed by atoms with Gasteiger partial charge in [-0.05, 0) is 7.05 Å². The fraction of sp³-hybridized carbons (Fsp3) is 0.500. The van der Waals surface area contributed by atoms with Crippen molar-refractivity contribution in [2.45, 2.75) is 6.29 Å². The lowest BCUT2D eigenvalue weighted by Crippen LogP contribution is -2.16. The highest BCUT2D eigenvalue weighted by molar-refractivity contribution is 4.63. The third kappa shape index (κ3) is 5.88. The maximum atomic E-state index is 8.10. The summed E-state index contributed by atoms with van der Waals surface area (Å²) < 4.78 is 0. The zero-order valence-electron chi connectivity index (χ0n) is 4.07. The molecule has 7 heavy (non-hydrogen) atoms. The third-order valence-corrected chi connectivity index (χ3v) is 0.368. The highest BCUT2D eigenvalue weighted by atomic mass is 16.5. The van der Waals surface area contributed by atoms with Crippen molar-refractivity contribution in [2.75, 3.05) is 7.05 Å². The quantitative estimate of drug-likeness (QED) is 0.349. The van der Waals surface area contributed by atoms with Crippen molar-refractivity contribution in [1.29, 1.82) is 0 Å². The molecule has 0 amide bonds. The van der Waals surface area contributed by atoms with Crippen LogP contribution in [-0.2, 0) is 0 Å². The Labute approximate surface area is 43.2 Å². The molecule has 0 saturated heterocycles. The molecule has 0 aliphatic carbocycles. The van der Waals surface area contributed by atoms with Gasteiger partial charge < -0.3 is 10.2 Å². The molecule has 41 valence electrons.